The van der Waals surface area contributed by atoms with Crippen molar-refractivity contribution in [1.82, 2.24) is 9.88 Å². The molecule has 3 aromatic carbocycles. The van der Waals surface area contributed by atoms with Crippen LogP contribution in [0.5, 0.6) is 0 Å². The summed E-state index contributed by atoms with van der Waals surface area (Å²) in [6, 6.07) is 25.9. The van der Waals surface area contributed by atoms with E-state index in [4.69, 9.17) is 16.6 Å². The van der Waals surface area contributed by atoms with Crippen LogP contribution in [-0.2, 0) is 0 Å². The molecule has 1 amide bonds. The quantitative estimate of drug-likeness (QED) is 0.401. The summed E-state index contributed by atoms with van der Waals surface area (Å²) in [5.74, 6) is 0.0732. The van der Waals surface area contributed by atoms with Crippen LogP contribution >= 0.6 is 11.6 Å². The van der Waals surface area contributed by atoms with Gasteiger partial charge in [0.15, 0.2) is 0 Å². The number of benzene rings is 3. The van der Waals surface area contributed by atoms with Crippen LogP contribution in [0.1, 0.15) is 15.9 Å². The van der Waals surface area contributed by atoms with Gasteiger partial charge in [-0.3, -0.25) is 4.79 Å². The molecule has 32 heavy (non-hydrogen) atoms. The number of carbonyl (C=O) groups excluding carboxylic acids is 1. The van der Waals surface area contributed by atoms with Crippen LogP contribution in [0.2, 0.25) is 5.02 Å². The zero-order chi connectivity index (χ0) is 22.1. The highest BCUT2D eigenvalue weighted by Crippen LogP contribution is 2.31. The molecule has 0 bridgehead atoms. The Balaban J connectivity index is 1.48. The van der Waals surface area contributed by atoms with Crippen molar-refractivity contribution in [3.63, 3.8) is 0 Å². The van der Waals surface area contributed by atoms with E-state index in [9.17, 15) is 4.79 Å². The van der Waals surface area contributed by atoms with Gasteiger partial charge in [-0.1, -0.05) is 66.2 Å². The van der Waals surface area contributed by atoms with E-state index in [0.29, 0.717) is 13.1 Å². The van der Waals surface area contributed by atoms with Crippen molar-refractivity contribution >= 4 is 34.1 Å². The molecule has 0 atom stereocenters. The molecule has 1 fully saturated rings. The second-order valence-corrected chi connectivity index (χ2v) is 8.54. The van der Waals surface area contributed by atoms with Gasteiger partial charge in [0, 0.05) is 47.8 Å². The highest BCUT2D eigenvalue weighted by Gasteiger charge is 2.26. The first-order valence-electron chi connectivity index (χ1n) is 10.9. The van der Waals surface area contributed by atoms with Crippen LogP contribution in [0, 0.1) is 6.92 Å². The third-order valence-electron chi connectivity index (χ3n) is 6.14. The minimum absolute atomic E-state index is 0.0732. The van der Waals surface area contributed by atoms with Gasteiger partial charge in [0.2, 0.25) is 0 Å². The molecule has 1 saturated heterocycles. The molecule has 4 aromatic rings. The molecule has 2 heterocycles. The minimum atomic E-state index is 0.0732. The number of amides is 1. The van der Waals surface area contributed by atoms with Gasteiger partial charge in [-0.25, -0.2) is 4.98 Å². The fraction of sp³-hybridized carbons (Fsp3) is 0.185. The number of rotatable bonds is 3. The Hall–Kier alpha value is -3.37. The second-order valence-electron chi connectivity index (χ2n) is 8.10. The Morgan fingerprint density at radius 1 is 0.875 bits per heavy atom. The highest BCUT2D eigenvalue weighted by molar-refractivity contribution is 6.30. The van der Waals surface area contributed by atoms with Gasteiger partial charge in [0.25, 0.3) is 5.91 Å². The lowest BCUT2D eigenvalue weighted by molar-refractivity contribution is 0.0748. The van der Waals surface area contributed by atoms with Crippen LogP contribution < -0.4 is 4.90 Å². The molecule has 0 aliphatic carbocycles. The molecule has 1 aromatic heterocycles. The van der Waals surface area contributed by atoms with Gasteiger partial charge in [0.1, 0.15) is 0 Å². The first-order valence-corrected chi connectivity index (χ1v) is 11.2. The molecule has 1 aliphatic rings. The smallest absolute Gasteiger partial charge is 0.255 e. The number of anilines is 1. The van der Waals surface area contributed by atoms with Crippen molar-refractivity contribution in [2.45, 2.75) is 6.92 Å². The number of carbonyl (C=O) groups is 1. The molecule has 5 rings (SSSR count). The van der Waals surface area contributed by atoms with E-state index in [1.807, 2.05) is 84.6 Å². The zero-order valence-electron chi connectivity index (χ0n) is 18.0. The summed E-state index contributed by atoms with van der Waals surface area (Å²) in [5, 5.41) is 1.64. The number of hydrogen-bond acceptors (Lipinski definition) is 3. The van der Waals surface area contributed by atoms with Crippen molar-refractivity contribution in [3.05, 3.63) is 95.0 Å². The predicted molar refractivity (Wildman–Crippen MR) is 131 cm³/mol. The maximum absolute atomic E-state index is 13.8. The maximum Gasteiger partial charge on any atom is 0.255 e. The van der Waals surface area contributed by atoms with E-state index in [1.54, 1.807) is 0 Å². The van der Waals surface area contributed by atoms with Gasteiger partial charge in [-0.05, 0) is 36.8 Å². The third kappa shape index (κ3) is 3.82. The molecule has 0 saturated carbocycles. The molecule has 160 valence electrons. The number of pyridine rings is 1. The Bertz CT molecular complexity index is 1280. The third-order valence-corrected chi connectivity index (χ3v) is 6.37. The molecular weight excluding hydrogens is 418 g/mol. The summed E-state index contributed by atoms with van der Waals surface area (Å²) < 4.78 is 0. The SMILES string of the molecule is Cc1c(-c2ccccc2)nc2ccccc2c1C(=O)N1CCN(c2cccc(Cl)c2)CC1. The first-order chi connectivity index (χ1) is 15.6. The fourth-order valence-corrected chi connectivity index (χ4v) is 4.64. The average Bonchev–Trinajstić information content (AvgIpc) is 2.84. The standard InChI is InChI=1S/C27H24ClN3O/c1-19-25(23-12-5-6-13-24(23)29-26(19)20-8-3-2-4-9-20)27(32)31-16-14-30(15-17-31)22-11-7-10-21(28)18-22/h2-13,18H,14-17H2,1H3. The molecule has 0 unspecified atom stereocenters. The Labute approximate surface area is 193 Å². The summed E-state index contributed by atoms with van der Waals surface area (Å²) >= 11 is 6.16. The van der Waals surface area contributed by atoms with Crippen molar-refractivity contribution < 1.29 is 4.79 Å². The van der Waals surface area contributed by atoms with Crippen molar-refractivity contribution in [1.29, 1.82) is 0 Å². The molecule has 4 nitrogen and oxygen atoms in total. The van der Waals surface area contributed by atoms with E-state index >= 15 is 0 Å². The normalized spacial score (nSPS) is 14.1. The number of aromatic nitrogens is 1. The second kappa shape index (κ2) is 8.64. The number of fused-ring (bicyclic) bond motifs is 1. The van der Waals surface area contributed by atoms with Crippen molar-refractivity contribution in [2.24, 2.45) is 0 Å². The summed E-state index contributed by atoms with van der Waals surface area (Å²) in [6.45, 7) is 4.90. The van der Waals surface area contributed by atoms with Gasteiger partial charge in [-0.15, -0.1) is 0 Å². The molecule has 0 spiro atoms. The molecule has 0 N–H and O–H groups in total. The molecule has 0 radical (unpaired) electrons. The predicted octanol–water partition coefficient (Wildman–Crippen LogP) is 5.83. The fourth-order valence-electron chi connectivity index (χ4n) is 4.46. The van der Waals surface area contributed by atoms with E-state index in [-0.39, 0.29) is 5.91 Å². The van der Waals surface area contributed by atoms with Crippen molar-refractivity contribution in [2.75, 3.05) is 31.1 Å². The highest BCUT2D eigenvalue weighted by atomic mass is 35.5. The molecule has 5 heteroatoms. The number of hydrogen-bond donors (Lipinski definition) is 0. The molecular formula is C27H24ClN3O. The summed E-state index contributed by atoms with van der Waals surface area (Å²) in [6.07, 6.45) is 0. The number of nitrogens with zero attached hydrogens (tertiary/aromatic N) is 3. The van der Waals surface area contributed by atoms with E-state index < -0.39 is 0 Å². The van der Waals surface area contributed by atoms with E-state index in [0.717, 1.165) is 57.1 Å². The van der Waals surface area contributed by atoms with Gasteiger partial charge >= 0.3 is 0 Å². The monoisotopic (exact) mass is 441 g/mol. The topological polar surface area (TPSA) is 36.4 Å². The van der Waals surface area contributed by atoms with Crippen LogP contribution in [0.3, 0.4) is 0 Å². The van der Waals surface area contributed by atoms with E-state index in [1.165, 1.54) is 0 Å². The Kier molecular flexibility index (Phi) is 5.54. The zero-order valence-corrected chi connectivity index (χ0v) is 18.7. The lowest BCUT2D eigenvalue weighted by atomic mass is 9.96. The van der Waals surface area contributed by atoms with E-state index in [2.05, 4.69) is 11.0 Å². The lowest BCUT2D eigenvalue weighted by Crippen LogP contribution is -2.49. The van der Waals surface area contributed by atoms with Crippen LogP contribution in [0.15, 0.2) is 78.9 Å². The first kappa shape index (κ1) is 20.5. The van der Waals surface area contributed by atoms with Crippen LogP contribution in [0.4, 0.5) is 5.69 Å². The van der Waals surface area contributed by atoms with Gasteiger partial charge < -0.3 is 9.80 Å². The largest absolute Gasteiger partial charge is 0.368 e. The number of para-hydroxylation sites is 1. The Morgan fingerprint density at radius 3 is 2.34 bits per heavy atom. The van der Waals surface area contributed by atoms with Gasteiger partial charge in [-0.2, -0.15) is 0 Å². The summed E-state index contributed by atoms with van der Waals surface area (Å²) in [5.41, 5.74) is 5.52. The summed E-state index contributed by atoms with van der Waals surface area (Å²) in [7, 11) is 0. The summed E-state index contributed by atoms with van der Waals surface area (Å²) in [4.78, 5) is 22.9. The number of piperazine rings is 1. The van der Waals surface area contributed by atoms with Crippen LogP contribution in [-0.4, -0.2) is 42.0 Å². The van der Waals surface area contributed by atoms with Crippen molar-refractivity contribution in [3.8, 4) is 11.3 Å². The minimum Gasteiger partial charge on any atom is -0.368 e. The lowest BCUT2D eigenvalue weighted by Gasteiger charge is -2.36. The average molecular weight is 442 g/mol. The molecule has 1 aliphatic heterocycles. The van der Waals surface area contributed by atoms with Crippen LogP contribution in [0.25, 0.3) is 22.2 Å². The number of halogens is 1. The van der Waals surface area contributed by atoms with Gasteiger partial charge in [0.05, 0.1) is 16.8 Å². The Morgan fingerprint density at radius 2 is 1.59 bits per heavy atom. The maximum atomic E-state index is 13.8.